The second-order valence-corrected chi connectivity index (χ2v) is 20.1. The zero-order valence-corrected chi connectivity index (χ0v) is 16.3. The normalized spacial score (nSPS) is 13.3. The van der Waals surface area contributed by atoms with Gasteiger partial charge in [-0.05, 0) is 0 Å². The molecule has 0 radical (unpaired) electrons. The SMILES string of the molecule is Fc1ccc(P(Br)(Br)(c2ccc(F)cc2)c2ccc(F)cc2)cc1. The van der Waals surface area contributed by atoms with Gasteiger partial charge in [0.25, 0.3) is 0 Å². The molecule has 124 valence electrons. The van der Waals surface area contributed by atoms with Crippen LogP contribution < -0.4 is 15.9 Å². The molecule has 0 saturated heterocycles. The Morgan fingerprint density at radius 1 is 0.458 bits per heavy atom. The fourth-order valence-corrected chi connectivity index (χ4v) is 9.72. The van der Waals surface area contributed by atoms with E-state index in [0.717, 1.165) is 15.9 Å². The van der Waals surface area contributed by atoms with Gasteiger partial charge in [-0.25, -0.2) is 0 Å². The standard InChI is InChI=1S/C18H12Br2F3P/c19-24(20,16-7-1-13(21)2-8-16,17-9-3-14(22)4-10-17)18-11-5-15(23)6-12-18/h1-12H. The molecule has 0 saturated carbocycles. The number of rotatable bonds is 3. The maximum absolute atomic E-state index is 13.4. The number of hydrogen-bond donors (Lipinski definition) is 0. The average molecular weight is 476 g/mol. The van der Waals surface area contributed by atoms with Gasteiger partial charge in [0.05, 0.1) is 0 Å². The van der Waals surface area contributed by atoms with Crippen LogP contribution in [0.1, 0.15) is 0 Å². The average Bonchev–Trinajstić information content (AvgIpc) is 2.56. The molecule has 0 fully saturated rings. The topological polar surface area (TPSA) is 0 Å². The molecule has 0 nitrogen and oxygen atoms in total. The van der Waals surface area contributed by atoms with Crippen LogP contribution in [0.3, 0.4) is 0 Å². The van der Waals surface area contributed by atoms with E-state index in [2.05, 4.69) is 31.0 Å². The molecule has 6 heteroatoms. The van der Waals surface area contributed by atoms with Crippen LogP contribution >= 0.6 is 35.0 Å². The van der Waals surface area contributed by atoms with E-state index in [1.165, 1.54) is 36.4 Å². The van der Waals surface area contributed by atoms with Gasteiger partial charge < -0.3 is 0 Å². The van der Waals surface area contributed by atoms with Crippen LogP contribution in [0.2, 0.25) is 0 Å². The van der Waals surface area contributed by atoms with Crippen LogP contribution in [0, 0.1) is 17.5 Å². The summed E-state index contributed by atoms with van der Waals surface area (Å²) >= 11 is 7.74. The van der Waals surface area contributed by atoms with Crippen molar-refractivity contribution < 1.29 is 13.2 Å². The molecule has 0 N–H and O–H groups in total. The number of hydrogen-bond acceptors (Lipinski definition) is 0. The van der Waals surface area contributed by atoms with Crippen LogP contribution in [0.5, 0.6) is 0 Å². The van der Waals surface area contributed by atoms with Gasteiger partial charge in [0.2, 0.25) is 0 Å². The van der Waals surface area contributed by atoms with Crippen molar-refractivity contribution in [1.82, 2.24) is 0 Å². The van der Waals surface area contributed by atoms with E-state index in [4.69, 9.17) is 0 Å². The van der Waals surface area contributed by atoms with Crippen molar-refractivity contribution in [3.8, 4) is 0 Å². The van der Waals surface area contributed by atoms with Gasteiger partial charge in [-0.2, -0.15) is 0 Å². The number of halogens is 5. The summed E-state index contributed by atoms with van der Waals surface area (Å²) in [5.74, 6) is -1.05. The first-order valence-electron chi connectivity index (χ1n) is 7.04. The van der Waals surface area contributed by atoms with E-state index in [1.54, 1.807) is 36.4 Å². The van der Waals surface area contributed by atoms with Gasteiger partial charge in [0, 0.05) is 0 Å². The second-order valence-electron chi connectivity index (χ2n) is 5.34. The third-order valence-corrected chi connectivity index (χ3v) is 14.8. The zero-order valence-electron chi connectivity index (χ0n) is 12.3. The van der Waals surface area contributed by atoms with Crippen molar-refractivity contribution in [1.29, 1.82) is 0 Å². The minimum absolute atomic E-state index is 0.351. The molecular formula is C18H12Br2F3P. The summed E-state index contributed by atoms with van der Waals surface area (Å²) in [6, 6.07) is 18.2. The third-order valence-electron chi connectivity index (χ3n) is 3.84. The second kappa shape index (κ2) is 6.29. The molecule has 0 heterocycles. The van der Waals surface area contributed by atoms with E-state index in [9.17, 15) is 13.2 Å². The molecule has 3 aromatic rings. The first kappa shape index (κ1) is 17.7. The summed E-state index contributed by atoms with van der Waals surface area (Å²) in [5, 5.41) is 2.38. The molecule has 0 spiro atoms. The van der Waals surface area contributed by atoms with Gasteiger partial charge in [0.1, 0.15) is 0 Å². The van der Waals surface area contributed by atoms with E-state index < -0.39 is 4.01 Å². The quantitative estimate of drug-likeness (QED) is 0.435. The van der Waals surface area contributed by atoms with Gasteiger partial charge in [-0.15, -0.1) is 0 Å². The monoisotopic (exact) mass is 474 g/mol. The first-order chi connectivity index (χ1) is 11.3. The molecule has 3 rings (SSSR count). The van der Waals surface area contributed by atoms with Crippen molar-refractivity contribution in [3.05, 3.63) is 90.2 Å². The van der Waals surface area contributed by atoms with Crippen molar-refractivity contribution in [2.45, 2.75) is 0 Å². The van der Waals surface area contributed by atoms with Crippen molar-refractivity contribution >= 4 is 50.9 Å². The van der Waals surface area contributed by atoms with Crippen LogP contribution in [0.25, 0.3) is 0 Å². The van der Waals surface area contributed by atoms with Crippen LogP contribution in [-0.2, 0) is 0 Å². The summed E-state index contributed by atoms with van der Waals surface area (Å²) in [6.07, 6.45) is 0. The Balaban J connectivity index is 2.33. The fourth-order valence-electron chi connectivity index (χ4n) is 2.56. The van der Waals surface area contributed by atoms with Gasteiger partial charge in [-0.3, -0.25) is 0 Å². The van der Waals surface area contributed by atoms with Crippen molar-refractivity contribution in [3.63, 3.8) is 0 Å². The number of benzene rings is 3. The maximum atomic E-state index is 13.4. The van der Waals surface area contributed by atoms with Crippen LogP contribution in [0.15, 0.2) is 72.8 Å². The van der Waals surface area contributed by atoms with E-state index in [-0.39, 0.29) is 17.5 Å². The van der Waals surface area contributed by atoms with Crippen LogP contribution in [0.4, 0.5) is 13.2 Å². The Hall–Kier alpha value is -1.16. The Morgan fingerprint density at radius 2 is 0.667 bits per heavy atom. The van der Waals surface area contributed by atoms with E-state index >= 15 is 0 Å². The summed E-state index contributed by atoms with van der Waals surface area (Å²) in [5.41, 5.74) is 0. The zero-order chi connectivity index (χ0) is 17.4. The Morgan fingerprint density at radius 3 is 0.875 bits per heavy atom. The molecule has 24 heavy (non-hydrogen) atoms. The molecule has 0 amide bonds. The Bertz CT molecular complexity index is 743. The Labute approximate surface area is 154 Å². The van der Waals surface area contributed by atoms with Gasteiger partial charge in [0.15, 0.2) is 0 Å². The minimum atomic E-state index is -3.32. The summed E-state index contributed by atoms with van der Waals surface area (Å²) in [6.45, 7) is 0. The first-order valence-corrected chi connectivity index (χ1v) is 13.3. The van der Waals surface area contributed by atoms with Crippen LogP contribution in [-0.4, -0.2) is 0 Å². The summed E-state index contributed by atoms with van der Waals surface area (Å²) in [7, 11) is 0. The third kappa shape index (κ3) is 2.94. The van der Waals surface area contributed by atoms with Gasteiger partial charge >= 0.3 is 154 Å². The molecule has 0 aromatic heterocycles. The Kier molecular flexibility index (Phi) is 4.63. The molecule has 0 aliphatic heterocycles. The molecule has 3 aromatic carbocycles. The van der Waals surface area contributed by atoms with Crippen molar-refractivity contribution in [2.24, 2.45) is 0 Å². The predicted molar refractivity (Wildman–Crippen MR) is 103 cm³/mol. The van der Waals surface area contributed by atoms with Crippen molar-refractivity contribution in [2.75, 3.05) is 0 Å². The van der Waals surface area contributed by atoms with E-state index in [1.807, 2.05) is 0 Å². The molecule has 0 aliphatic rings. The predicted octanol–water partition coefficient (Wildman–Crippen LogP) is 5.55. The fraction of sp³-hybridized carbons (Fsp3) is 0. The summed E-state index contributed by atoms with van der Waals surface area (Å²) < 4.78 is 36.9. The summed E-state index contributed by atoms with van der Waals surface area (Å²) in [4.78, 5) is 0. The molecule has 0 unspecified atom stereocenters. The van der Waals surface area contributed by atoms with E-state index in [0.29, 0.717) is 0 Å². The van der Waals surface area contributed by atoms with Gasteiger partial charge in [-0.1, -0.05) is 0 Å². The molecule has 0 aliphatic carbocycles. The molecule has 0 atom stereocenters. The molecule has 0 bridgehead atoms. The molecular weight excluding hydrogens is 464 g/mol.